The first-order valence-corrected chi connectivity index (χ1v) is 6.76. The quantitative estimate of drug-likeness (QED) is 0.676. The molecule has 3 unspecified atom stereocenters. The monoisotopic (exact) mass is 258 g/mol. The summed E-state index contributed by atoms with van der Waals surface area (Å²) in [6.07, 6.45) is 2.94. The highest BCUT2D eigenvalue weighted by Crippen LogP contribution is 2.17. The van der Waals surface area contributed by atoms with Crippen LogP contribution in [0.25, 0.3) is 0 Å². The van der Waals surface area contributed by atoms with E-state index >= 15 is 0 Å². The summed E-state index contributed by atoms with van der Waals surface area (Å²) >= 11 is 0. The Morgan fingerprint density at radius 2 is 2.39 bits per heavy atom. The Morgan fingerprint density at radius 3 is 2.89 bits per heavy atom. The summed E-state index contributed by atoms with van der Waals surface area (Å²) in [6.45, 7) is 7.89. The molecule has 106 valence electrons. The van der Waals surface area contributed by atoms with Crippen LogP contribution in [0.15, 0.2) is 0 Å². The average molecular weight is 258 g/mol. The van der Waals surface area contributed by atoms with E-state index in [-0.39, 0.29) is 18.1 Å². The van der Waals surface area contributed by atoms with Crippen molar-refractivity contribution in [1.29, 1.82) is 0 Å². The Bertz CT molecular complexity index is 267. The number of carbonyl (C=O) groups excluding carboxylic acids is 1. The molecule has 3 N–H and O–H groups in total. The third-order valence-electron chi connectivity index (χ3n) is 3.40. The van der Waals surface area contributed by atoms with Gasteiger partial charge in [-0.25, -0.2) is 0 Å². The number of primary amides is 1. The van der Waals surface area contributed by atoms with E-state index in [0.29, 0.717) is 19.6 Å². The number of carbonyl (C=O) groups is 1. The van der Waals surface area contributed by atoms with E-state index in [4.69, 9.17) is 15.2 Å². The van der Waals surface area contributed by atoms with E-state index in [0.717, 1.165) is 19.4 Å². The fourth-order valence-electron chi connectivity index (χ4n) is 2.33. The second-order valence-electron chi connectivity index (χ2n) is 5.21. The van der Waals surface area contributed by atoms with Gasteiger partial charge in [0.1, 0.15) is 0 Å². The summed E-state index contributed by atoms with van der Waals surface area (Å²) in [5.41, 5.74) is 4.74. The Balaban J connectivity index is 2.35. The molecule has 1 aliphatic heterocycles. The van der Waals surface area contributed by atoms with Crippen molar-refractivity contribution in [1.82, 2.24) is 5.32 Å². The molecule has 0 aromatic heterocycles. The fourth-order valence-corrected chi connectivity index (χ4v) is 2.33. The zero-order valence-electron chi connectivity index (χ0n) is 11.7. The summed E-state index contributed by atoms with van der Waals surface area (Å²) in [5.74, 6) is -0.336. The molecule has 0 radical (unpaired) electrons. The smallest absolute Gasteiger partial charge is 0.237 e. The SMILES string of the molecule is CCNC(C)(CC(C)OCC1CCCO1)C(N)=O. The van der Waals surface area contributed by atoms with Crippen molar-refractivity contribution >= 4 is 5.91 Å². The average Bonchev–Trinajstić information content (AvgIpc) is 2.79. The number of amides is 1. The molecule has 5 nitrogen and oxygen atoms in total. The molecule has 18 heavy (non-hydrogen) atoms. The van der Waals surface area contributed by atoms with Crippen LogP contribution in [0.2, 0.25) is 0 Å². The van der Waals surface area contributed by atoms with Crippen LogP contribution in [0.4, 0.5) is 0 Å². The third-order valence-corrected chi connectivity index (χ3v) is 3.40. The molecule has 0 bridgehead atoms. The molecule has 3 atom stereocenters. The maximum Gasteiger partial charge on any atom is 0.237 e. The molecule has 1 aliphatic rings. The van der Waals surface area contributed by atoms with Gasteiger partial charge in [-0.2, -0.15) is 0 Å². The summed E-state index contributed by atoms with van der Waals surface area (Å²) in [6, 6.07) is 0. The Hall–Kier alpha value is -0.650. The second-order valence-corrected chi connectivity index (χ2v) is 5.21. The number of likely N-dealkylation sites (N-methyl/N-ethyl adjacent to an activating group) is 1. The lowest BCUT2D eigenvalue weighted by Crippen LogP contribution is -2.54. The van der Waals surface area contributed by atoms with Gasteiger partial charge in [0.05, 0.1) is 24.4 Å². The third kappa shape index (κ3) is 4.55. The van der Waals surface area contributed by atoms with Gasteiger partial charge in [0.15, 0.2) is 0 Å². The summed E-state index contributed by atoms with van der Waals surface area (Å²) < 4.78 is 11.2. The van der Waals surface area contributed by atoms with Gasteiger partial charge in [0.2, 0.25) is 5.91 Å². The highest BCUT2D eigenvalue weighted by atomic mass is 16.5. The van der Waals surface area contributed by atoms with Crippen LogP contribution in [0, 0.1) is 0 Å². The van der Waals surface area contributed by atoms with Gasteiger partial charge in [-0.05, 0) is 33.2 Å². The molecule has 1 amide bonds. The summed E-state index contributed by atoms with van der Waals surface area (Å²) in [7, 11) is 0. The molecule has 0 aromatic carbocycles. The first-order valence-electron chi connectivity index (χ1n) is 6.76. The van der Waals surface area contributed by atoms with Crippen LogP contribution < -0.4 is 11.1 Å². The first-order chi connectivity index (χ1) is 8.48. The summed E-state index contributed by atoms with van der Waals surface area (Å²) in [4.78, 5) is 11.5. The van der Waals surface area contributed by atoms with Crippen LogP contribution in [-0.4, -0.2) is 43.4 Å². The normalized spacial score (nSPS) is 24.7. The maximum atomic E-state index is 11.5. The van der Waals surface area contributed by atoms with Crippen LogP contribution in [0.3, 0.4) is 0 Å². The molecular weight excluding hydrogens is 232 g/mol. The number of rotatable bonds is 8. The minimum absolute atomic E-state index is 0.0225. The zero-order chi connectivity index (χ0) is 13.6. The molecule has 0 spiro atoms. The van der Waals surface area contributed by atoms with E-state index in [9.17, 15) is 4.79 Å². The van der Waals surface area contributed by atoms with Crippen LogP contribution in [0.1, 0.15) is 40.0 Å². The van der Waals surface area contributed by atoms with Crippen molar-refractivity contribution in [2.24, 2.45) is 5.73 Å². The Labute approximate surface area is 109 Å². The van der Waals surface area contributed by atoms with Gasteiger partial charge < -0.3 is 20.5 Å². The van der Waals surface area contributed by atoms with Crippen molar-refractivity contribution in [2.45, 2.75) is 57.8 Å². The topological polar surface area (TPSA) is 73.6 Å². The summed E-state index contributed by atoms with van der Waals surface area (Å²) in [5, 5.41) is 3.13. The Kier molecular flexibility index (Phi) is 6.05. The lowest BCUT2D eigenvalue weighted by Gasteiger charge is -2.30. The lowest BCUT2D eigenvalue weighted by atomic mass is 9.94. The van der Waals surface area contributed by atoms with Gasteiger partial charge in [-0.15, -0.1) is 0 Å². The molecule has 0 aliphatic carbocycles. The van der Waals surface area contributed by atoms with Crippen molar-refractivity contribution in [3.8, 4) is 0 Å². The van der Waals surface area contributed by atoms with E-state index in [1.54, 1.807) is 0 Å². The predicted molar refractivity (Wildman–Crippen MR) is 70.3 cm³/mol. The van der Waals surface area contributed by atoms with Gasteiger partial charge in [-0.3, -0.25) is 4.79 Å². The molecule has 1 fully saturated rings. The molecule has 1 saturated heterocycles. The van der Waals surface area contributed by atoms with E-state index < -0.39 is 5.54 Å². The van der Waals surface area contributed by atoms with Crippen LogP contribution in [0.5, 0.6) is 0 Å². The van der Waals surface area contributed by atoms with Crippen molar-refractivity contribution in [2.75, 3.05) is 19.8 Å². The van der Waals surface area contributed by atoms with Crippen LogP contribution in [-0.2, 0) is 14.3 Å². The number of hydrogen-bond donors (Lipinski definition) is 2. The van der Waals surface area contributed by atoms with E-state index in [1.807, 2.05) is 20.8 Å². The lowest BCUT2D eigenvalue weighted by molar-refractivity contribution is -0.125. The molecule has 0 saturated carbocycles. The second kappa shape index (κ2) is 7.07. The van der Waals surface area contributed by atoms with Crippen molar-refractivity contribution in [3.05, 3.63) is 0 Å². The molecule has 1 heterocycles. The predicted octanol–water partition coefficient (Wildman–Crippen LogP) is 0.814. The largest absolute Gasteiger partial charge is 0.376 e. The van der Waals surface area contributed by atoms with E-state index in [1.165, 1.54) is 0 Å². The minimum atomic E-state index is -0.704. The van der Waals surface area contributed by atoms with Gasteiger partial charge >= 0.3 is 0 Å². The zero-order valence-corrected chi connectivity index (χ0v) is 11.7. The van der Waals surface area contributed by atoms with Crippen LogP contribution >= 0.6 is 0 Å². The highest BCUT2D eigenvalue weighted by Gasteiger charge is 2.32. The van der Waals surface area contributed by atoms with Gasteiger partial charge in [-0.1, -0.05) is 6.92 Å². The number of nitrogens with one attached hydrogen (secondary N) is 1. The Morgan fingerprint density at radius 1 is 1.67 bits per heavy atom. The highest BCUT2D eigenvalue weighted by molar-refractivity contribution is 5.84. The van der Waals surface area contributed by atoms with Gasteiger partial charge in [0, 0.05) is 13.0 Å². The van der Waals surface area contributed by atoms with Crippen molar-refractivity contribution < 1.29 is 14.3 Å². The van der Waals surface area contributed by atoms with Gasteiger partial charge in [0.25, 0.3) is 0 Å². The molecule has 0 aromatic rings. The fraction of sp³-hybridized carbons (Fsp3) is 0.923. The number of nitrogens with two attached hydrogens (primary N) is 1. The maximum absolute atomic E-state index is 11.5. The number of ether oxygens (including phenoxy) is 2. The first kappa shape index (κ1) is 15.4. The van der Waals surface area contributed by atoms with Crippen molar-refractivity contribution in [3.63, 3.8) is 0 Å². The molecule has 1 rings (SSSR count). The standard InChI is InChI=1S/C13H26N2O3/c1-4-15-13(3,12(14)16)8-10(2)18-9-11-6-5-7-17-11/h10-11,15H,4-9H2,1-3H3,(H2,14,16). The molecule has 5 heteroatoms. The van der Waals surface area contributed by atoms with E-state index in [2.05, 4.69) is 5.32 Å². The molecular formula is C13H26N2O3. The number of hydrogen-bond acceptors (Lipinski definition) is 4. The minimum Gasteiger partial charge on any atom is -0.376 e.